The Morgan fingerprint density at radius 3 is 2.40 bits per heavy atom. The number of H-pyrrole nitrogens is 1. The Morgan fingerprint density at radius 2 is 1.62 bits per heavy atom. The second kappa shape index (κ2) is 17.6. The van der Waals surface area contributed by atoms with Crippen LogP contribution in [0.1, 0.15) is 89.0 Å². The first-order chi connectivity index (χ1) is 30.9. The molecule has 10 rings (SSSR count). The van der Waals surface area contributed by atoms with Crippen molar-refractivity contribution in [1.29, 1.82) is 0 Å². The Labute approximate surface area is 366 Å². The van der Waals surface area contributed by atoms with E-state index in [0.717, 1.165) is 81.9 Å². The lowest BCUT2D eigenvalue weighted by molar-refractivity contribution is -0.144. The van der Waals surface area contributed by atoms with E-state index in [1.54, 1.807) is 25.4 Å². The van der Waals surface area contributed by atoms with Crippen molar-refractivity contribution in [2.24, 2.45) is 28.8 Å². The van der Waals surface area contributed by atoms with Gasteiger partial charge in [-0.2, -0.15) is 5.10 Å². The Balaban J connectivity index is 0.850. The van der Waals surface area contributed by atoms with Gasteiger partial charge in [-0.3, -0.25) is 9.59 Å². The van der Waals surface area contributed by atoms with Crippen LogP contribution in [-0.4, -0.2) is 101 Å². The monoisotopic (exact) mass is 861 g/mol. The van der Waals surface area contributed by atoms with E-state index in [1.165, 1.54) is 6.33 Å². The zero-order valence-corrected chi connectivity index (χ0v) is 35.9. The smallest absolute Gasteiger partial charge is 0.413 e. The molecule has 4 aromatic rings. The fourth-order valence-electron chi connectivity index (χ4n) is 10.3. The van der Waals surface area contributed by atoms with E-state index < -0.39 is 12.1 Å². The van der Waals surface area contributed by atoms with Gasteiger partial charge < -0.3 is 43.6 Å². The molecule has 0 unspecified atom stereocenters. The Bertz CT molecular complexity index is 2400. The highest BCUT2D eigenvalue weighted by Crippen LogP contribution is 2.49. The van der Waals surface area contributed by atoms with Crippen molar-refractivity contribution in [3.8, 4) is 45.8 Å². The van der Waals surface area contributed by atoms with Gasteiger partial charge in [-0.25, -0.2) is 19.8 Å². The lowest BCUT2D eigenvalue weighted by Gasteiger charge is -2.44. The standard InChI is InChI=1S/C47H55N7O9/c1-58-33-15-14-29(22-36(33)59-2)39-31-10-6-7-11-32(31)45(55)54(52-39)30-18-20-53(21-19-30)46(56)40(28-8-4-3-5-9-28)51-47(57)63-37-23-48-43-41(37)49-25-50-42(43)38-34(60-24-27-12-13-27)16-17-35-44(38)62-26-61-35/h14-17,22-23,25,27-28,30-32,40,48H,3-13,18-21,24,26H2,1-2H3,(H,51,57)/t31-,32+,40-/m0/s1. The number of hydrogen-bond donors (Lipinski definition) is 2. The van der Waals surface area contributed by atoms with E-state index in [-0.39, 0.29) is 48.2 Å². The van der Waals surface area contributed by atoms with E-state index in [1.807, 2.05) is 35.2 Å². The number of piperidine rings is 1. The Morgan fingerprint density at radius 1 is 0.857 bits per heavy atom. The van der Waals surface area contributed by atoms with Crippen LogP contribution >= 0.6 is 0 Å². The molecule has 2 aromatic heterocycles. The summed E-state index contributed by atoms with van der Waals surface area (Å²) in [7, 11) is 3.23. The number of rotatable bonds is 12. The van der Waals surface area contributed by atoms with Crippen LogP contribution in [0.3, 0.4) is 0 Å². The summed E-state index contributed by atoms with van der Waals surface area (Å²) in [6, 6.07) is 8.61. The summed E-state index contributed by atoms with van der Waals surface area (Å²) in [6.07, 6.45) is 14.2. The average Bonchev–Trinajstić information content (AvgIpc) is 3.89. The van der Waals surface area contributed by atoms with Crippen molar-refractivity contribution in [2.75, 3.05) is 40.7 Å². The number of hydrazone groups is 1. The van der Waals surface area contributed by atoms with Gasteiger partial charge in [0.05, 0.1) is 43.7 Å². The number of benzene rings is 2. The minimum atomic E-state index is -0.769. The van der Waals surface area contributed by atoms with Gasteiger partial charge >= 0.3 is 6.09 Å². The topological polar surface area (TPSA) is 179 Å². The Hall–Kier alpha value is -6.06. The second-order valence-corrected chi connectivity index (χ2v) is 17.7. The Kier molecular flexibility index (Phi) is 11.4. The molecule has 1 saturated heterocycles. The summed E-state index contributed by atoms with van der Waals surface area (Å²) in [4.78, 5) is 56.7. The number of aromatic nitrogens is 3. The van der Waals surface area contributed by atoms with Crippen LogP contribution in [-0.2, 0) is 9.59 Å². The number of amides is 3. The zero-order valence-electron chi connectivity index (χ0n) is 35.9. The minimum absolute atomic E-state index is 0.0366. The molecule has 3 amide bonds. The van der Waals surface area contributed by atoms with Crippen molar-refractivity contribution in [2.45, 2.75) is 95.6 Å². The lowest BCUT2D eigenvalue weighted by atomic mass is 9.73. The zero-order chi connectivity index (χ0) is 43.0. The van der Waals surface area contributed by atoms with Gasteiger partial charge in [0, 0.05) is 36.7 Å². The van der Waals surface area contributed by atoms with Gasteiger partial charge in [-0.05, 0) is 93.5 Å². The number of carbonyl (C=O) groups is 3. The number of ether oxygens (including phenoxy) is 6. The molecule has 3 aliphatic carbocycles. The second-order valence-electron chi connectivity index (χ2n) is 17.7. The summed E-state index contributed by atoms with van der Waals surface area (Å²) >= 11 is 0. The van der Waals surface area contributed by atoms with Crippen LogP contribution in [0, 0.1) is 23.7 Å². The third-order valence-electron chi connectivity index (χ3n) is 13.9. The van der Waals surface area contributed by atoms with Crippen molar-refractivity contribution >= 4 is 34.7 Å². The van der Waals surface area contributed by atoms with Gasteiger partial charge in [0.2, 0.25) is 18.6 Å². The van der Waals surface area contributed by atoms with Crippen LogP contribution in [0.25, 0.3) is 22.3 Å². The number of aromatic amines is 1. The third kappa shape index (κ3) is 8.08. The molecule has 63 heavy (non-hydrogen) atoms. The molecule has 0 bridgehead atoms. The van der Waals surface area contributed by atoms with Gasteiger partial charge in [-0.15, -0.1) is 0 Å². The summed E-state index contributed by atoms with van der Waals surface area (Å²) < 4.78 is 34.9. The number of hydrogen-bond acceptors (Lipinski definition) is 12. The molecule has 5 heterocycles. The van der Waals surface area contributed by atoms with Crippen molar-refractivity contribution in [3.05, 3.63) is 48.4 Å². The van der Waals surface area contributed by atoms with E-state index in [0.29, 0.717) is 89.5 Å². The third-order valence-corrected chi connectivity index (χ3v) is 13.9. The number of nitrogens with zero attached hydrogens (tertiary/aromatic N) is 5. The molecule has 16 nitrogen and oxygen atoms in total. The summed E-state index contributed by atoms with van der Waals surface area (Å²) in [5, 5.41) is 9.82. The molecular weight excluding hydrogens is 807 g/mol. The van der Waals surface area contributed by atoms with Crippen LogP contribution in [0.2, 0.25) is 0 Å². The summed E-state index contributed by atoms with van der Waals surface area (Å²) in [5.74, 6) is 3.54. The normalized spacial score (nSPS) is 22.0. The minimum Gasteiger partial charge on any atom is -0.493 e. The quantitative estimate of drug-likeness (QED) is 0.147. The van der Waals surface area contributed by atoms with Crippen LogP contribution in [0.5, 0.6) is 34.5 Å². The van der Waals surface area contributed by atoms with Crippen molar-refractivity contribution < 1.29 is 42.8 Å². The van der Waals surface area contributed by atoms with Crippen LogP contribution in [0.15, 0.2) is 48.0 Å². The molecular formula is C47H55N7O9. The molecule has 4 fully saturated rings. The highest BCUT2D eigenvalue weighted by atomic mass is 16.7. The first kappa shape index (κ1) is 41.0. The first-order valence-electron chi connectivity index (χ1n) is 22.7. The van der Waals surface area contributed by atoms with Crippen molar-refractivity contribution in [1.82, 2.24) is 30.2 Å². The SMILES string of the molecule is COc1ccc(C2=NN(C3CCN(C(=O)[C@@H](NC(=O)Oc4c[nH]c5c(-c6c(OCC7CC7)ccc7c6OCO7)ncnc45)C4CCCCC4)CC3)C(=O)[C@@H]3CCCC[C@H]23)cc1OC. The molecule has 332 valence electrons. The summed E-state index contributed by atoms with van der Waals surface area (Å²) in [5.41, 5.74) is 3.92. The van der Waals surface area contributed by atoms with Gasteiger partial charge in [0.1, 0.15) is 29.3 Å². The number of methoxy groups -OCH3 is 2. The molecule has 0 radical (unpaired) electrons. The number of nitrogens with one attached hydrogen (secondary N) is 2. The predicted octanol–water partition coefficient (Wildman–Crippen LogP) is 7.24. The highest BCUT2D eigenvalue weighted by Gasteiger charge is 2.45. The maximum absolute atomic E-state index is 14.5. The fourth-order valence-corrected chi connectivity index (χ4v) is 10.3. The number of carbonyl (C=O) groups excluding carboxylic acids is 3. The van der Waals surface area contributed by atoms with Crippen molar-refractivity contribution in [3.63, 3.8) is 0 Å². The maximum Gasteiger partial charge on any atom is 0.413 e. The van der Waals surface area contributed by atoms with Gasteiger partial charge in [0.15, 0.2) is 28.7 Å². The van der Waals surface area contributed by atoms with E-state index in [9.17, 15) is 14.4 Å². The number of likely N-dealkylation sites (tertiary alicyclic amines) is 1. The fraction of sp³-hybridized carbons (Fsp3) is 0.532. The van der Waals surface area contributed by atoms with Gasteiger partial charge in [-0.1, -0.05) is 32.1 Å². The first-order valence-corrected chi connectivity index (χ1v) is 22.7. The summed E-state index contributed by atoms with van der Waals surface area (Å²) in [6.45, 7) is 1.55. The average molecular weight is 862 g/mol. The van der Waals surface area contributed by atoms with E-state index in [2.05, 4.69) is 20.3 Å². The molecule has 0 spiro atoms. The molecule has 2 aromatic carbocycles. The molecule has 2 N–H and O–H groups in total. The van der Waals surface area contributed by atoms with Gasteiger partial charge in [0.25, 0.3) is 0 Å². The lowest BCUT2D eigenvalue weighted by Crippen LogP contribution is -2.57. The molecule has 3 aliphatic heterocycles. The molecule has 3 atom stereocenters. The van der Waals surface area contributed by atoms with E-state index in [4.69, 9.17) is 33.5 Å². The number of fused-ring (bicyclic) bond motifs is 3. The maximum atomic E-state index is 14.5. The molecule has 6 aliphatic rings. The molecule has 16 heteroatoms. The largest absolute Gasteiger partial charge is 0.493 e. The van der Waals surface area contributed by atoms with Crippen LogP contribution in [0.4, 0.5) is 4.79 Å². The highest BCUT2D eigenvalue weighted by molar-refractivity contribution is 6.07. The van der Waals surface area contributed by atoms with Crippen LogP contribution < -0.4 is 33.7 Å². The van der Waals surface area contributed by atoms with E-state index >= 15 is 0 Å². The molecule has 3 saturated carbocycles. The predicted molar refractivity (Wildman–Crippen MR) is 231 cm³/mol.